The number of fused-ring (bicyclic) bond motifs is 2. The first-order valence-corrected chi connectivity index (χ1v) is 5.60. The second-order valence-corrected chi connectivity index (χ2v) is 5.04. The average Bonchev–Trinajstić information content (AvgIpc) is 2.52. The number of ether oxygens (including phenoxy) is 1. The summed E-state index contributed by atoms with van der Waals surface area (Å²) in [7, 11) is 0. The van der Waals surface area contributed by atoms with Crippen LogP contribution in [0.3, 0.4) is 0 Å². The van der Waals surface area contributed by atoms with E-state index in [1.807, 2.05) is 26.0 Å². The molecule has 0 saturated carbocycles. The smallest absolute Gasteiger partial charge is 0.201 e. The van der Waals surface area contributed by atoms with Gasteiger partial charge >= 0.3 is 0 Å². The van der Waals surface area contributed by atoms with Crippen LogP contribution >= 0.6 is 0 Å². The minimum Gasteiger partial charge on any atom is -0.486 e. The van der Waals surface area contributed by atoms with Crippen LogP contribution in [-0.4, -0.2) is 17.2 Å². The van der Waals surface area contributed by atoms with E-state index in [-0.39, 0.29) is 23.6 Å². The summed E-state index contributed by atoms with van der Waals surface area (Å²) < 4.78 is 5.80. The molecule has 0 radical (unpaired) electrons. The zero-order valence-electron chi connectivity index (χ0n) is 9.74. The molecule has 86 valence electrons. The molecule has 17 heavy (non-hydrogen) atoms. The maximum atomic E-state index is 12.1. The number of hydrogen-bond donors (Lipinski definition) is 0. The molecule has 0 amide bonds. The van der Waals surface area contributed by atoms with E-state index in [2.05, 4.69) is 0 Å². The third kappa shape index (κ3) is 1.35. The molecule has 3 nitrogen and oxygen atoms in total. The molecule has 1 heterocycles. The van der Waals surface area contributed by atoms with Crippen LogP contribution in [0.4, 0.5) is 0 Å². The lowest BCUT2D eigenvalue weighted by atomic mass is 9.93. The van der Waals surface area contributed by atoms with Crippen molar-refractivity contribution in [3.05, 3.63) is 41.0 Å². The Bertz CT molecular complexity index is 579. The highest BCUT2D eigenvalue weighted by Gasteiger charge is 2.43. The van der Waals surface area contributed by atoms with Gasteiger partial charge in [0.25, 0.3) is 0 Å². The molecule has 0 saturated heterocycles. The van der Waals surface area contributed by atoms with Crippen molar-refractivity contribution in [2.24, 2.45) is 0 Å². The van der Waals surface area contributed by atoms with E-state index in [0.29, 0.717) is 11.3 Å². The van der Waals surface area contributed by atoms with Crippen LogP contribution < -0.4 is 0 Å². The van der Waals surface area contributed by atoms with Crippen molar-refractivity contribution in [1.82, 2.24) is 0 Å². The summed E-state index contributed by atoms with van der Waals surface area (Å²) in [6, 6.07) is 7.20. The van der Waals surface area contributed by atoms with Gasteiger partial charge in [-0.25, -0.2) is 0 Å². The standard InChI is InChI=1S/C14H12O3/c1-14(2)7-10(15)11-12(16)8-5-3-4-6-9(8)13(11)17-14/h3-6H,7H2,1-2H3. The molecular weight excluding hydrogens is 216 g/mol. The molecule has 1 aliphatic heterocycles. The second kappa shape index (κ2) is 3.06. The van der Waals surface area contributed by atoms with Gasteiger partial charge in [-0.05, 0) is 13.8 Å². The number of carbonyl (C=O) groups is 2. The lowest BCUT2D eigenvalue weighted by Crippen LogP contribution is -2.33. The predicted molar refractivity (Wildman–Crippen MR) is 62.5 cm³/mol. The lowest BCUT2D eigenvalue weighted by Gasteiger charge is -2.30. The summed E-state index contributed by atoms with van der Waals surface area (Å²) >= 11 is 0. The minimum atomic E-state index is -0.534. The van der Waals surface area contributed by atoms with Crippen molar-refractivity contribution in [1.29, 1.82) is 0 Å². The van der Waals surface area contributed by atoms with E-state index < -0.39 is 5.60 Å². The zero-order chi connectivity index (χ0) is 12.2. The van der Waals surface area contributed by atoms with Crippen molar-refractivity contribution in [2.75, 3.05) is 0 Å². The second-order valence-electron chi connectivity index (χ2n) is 5.04. The third-order valence-corrected chi connectivity index (χ3v) is 3.11. The molecule has 2 aliphatic rings. The maximum Gasteiger partial charge on any atom is 0.201 e. The molecule has 1 aromatic carbocycles. The van der Waals surface area contributed by atoms with Crippen molar-refractivity contribution in [3.63, 3.8) is 0 Å². The molecule has 3 rings (SSSR count). The predicted octanol–water partition coefficient (Wildman–Crippen LogP) is 2.36. The lowest BCUT2D eigenvalue weighted by molar-refractivity contribution is -0.120. The molecule has 0 atom stereocenters. The highest BCUT2D eigenvalue weighted by Crippen LogP contribution is 2.41. The molecule has 1 aromatic rings. The number of rotatable bonds is 0. The maximum absolute atomic E-state index is 12.1. The van der Waals surface area contributed by atoms with Gasteiger partial charge in [-0.1, -0.05) is 24.3 Å². The summed E-state index contributed by atoms with van der Waals surface area (Å²) in [5.41, 5.74) is 1.01. The van der Waals surface area contributed by atoms with E-state index in [1.165, 1.54) is 0 Å². The highest BCUT2D eigenvalue weighted by molar-refractivity contribution is 6.35. The van der Waals surface area contributed by atoms with Gasteiger partial charge in [0, 0.05) is 11.1 Å². The molecular formula is C14H12O3. The van der Waals surface area contributed by atoms with Gasteiger partial charge in [0.15, 0.2) is 5.78 Å². The van der Waals surface area contributed by atoms with E-state index in [4.69, 9.17) is 4.74 Å². The highest BCUT2D eigenvalue weighted by atomic mass is 16.5. The number of hydrogen-bond acceptors (Lipinski definition) is 3. The first kappa shape index (κ1) is 10.3. The Morgan fingerprint density at radius 3 is 2.47 bits per heavy atom. The Hall–Kier alpha value is -1.90. The van der Waals surface area contributed by atoms with Gasteiger partial charge in [-0.2, -0.15) is 0 Å². The van der Waals surface area contributed by atoms with E-state index in [9.17, 15) is 9.59 Å². The zero-order valence-corrected chi connectivity index (χ0v) is 9.74. The van der Waals surface area contributed by atoms with Crippen molar-refractivity contribution < 1.29 is 14.3 Å². The van der Waals surface area contributed by atoms with Crippen molar-refractivity contribution >= 4 is 17.3 Å². The number of benzene rings is 1. The Morgan fingerprint density at radius 2 is 1.76 bits per heavy atom. The summed E-state index contributed by atoms with van der Waals surface area (Å²) in [5, 5.41) is 0. The topological polar surface area (TPSA) is 43.4 Å². The largest absolute Gasteiger partial charge is 0.486 e. The third-order valence-electron chi connectivity index (χ3n) is 3.11. The van der Waals surface area contributed by atoms with Crippen LogP contribution in [-0.2, 0) is 9.53 Å². The minimum absolute atomic E-state index is 0.113. The average molecular weight is 228 g/mol. The van der Waals surface area contributed by atoms with Crippen LogP contribution in [0, 0.1) is 0 Å². The fraction of sp³-hybridized carbons (Fsp3) is 0.286. The number of Topliss-reactive ketones (excluding diaryl/α,β-unsaturated/α-hetero) is 2. The first-order chi connectivity index (χ1) is 7.99. The number of ketones is 2. The first-order valence-electron chi connectivity index (χ1n) is 5.60. The van der Waals surface area contributed by atoms with Gasteiger partial charge in [0.1, 0.15) is 16.9 Å². The number of allylic oxidation sites excluding steroid dienone is 1. The van der Waals surface area contributed by atoms with E-state index in [1.54, 1.807) is 12.1 Å². The fourth-order valence-electron chi connectivity index (χ4n) is 2.40. The normalized spacial score (nSPS) is 21.1. The molecule has 0 unspecified atom stereocenters. The van der Waals surface area contributed by atoms with E-state index in [0.717, 1.165) is 5.56 Å². The molecule has 3 heteroatoms. The Labute approximate surface area is 99.1 Å². The molecule has 0 N–H and O–H groups in total. The van der Waals surface area contributed by atoms with Crippen LogP contribution in [0.5, 0.6) is 0 Å². The summed E-state index contributed by atoms with van der Waals surface area (Å²) in [4.78, 5) is 24.1. The van der Waals surface area contributed by atoms with Crippen LogP contribution in [0.2, 0.25) is 0 Å². The van der Waals surface area contributed by atoms with Crippen LogP contribution in [0.15, 0.2) is 29.8 Å². The van der Waals surface area contributed by atoms with Gasteiger partial charge in [-0.3, -0.25) is 9.59 Å². The Balaban J connectivity index is 2.23. The van der Waals surface area contributed by atoms with Gasteiger partial charge < -0.3 is 4.74 Å². The Morgan fingerprint density at radius 1 is 1.12 bits per heavy atom. The molecule has 0 aromatic heterocycles. The summed E-state index contributed by atoms with van der Waals surface area (Å²) in [6.45, 7) is 3.72. The molecule has 0 spiro atoms. The summed E-state index contributed by atoms with van der Waals surface area (Å²) in [5.74, 6) is 0.153. The number of carbonyl (C=O) groups excluding carboxylic acids is 2. The van der Waals surface area contributed by atoms with Crippen LogP contribution in [0.25, 0.3) is 5.76 Å². The van der Waals surface area contributed by atoms with Gasteiger partial charge in [0.2, 0.25) is 5.78 Å². The monoisotopic (exact) mass is 228 g/mol. The van der Waals surface area contributed by atoms with Crippen molar-refractivity contribution in [2.45, 2.75) is 25.9 Å². The fourth-order valence-corrected chi connectivity index (χ4v) is 2.40. The van der Waals surface area contributed by atoms with Crippen molar-refractivity contribution in [3.8, 4) is 0 Å². The van der Waals surface area contributed by atoms with Crippen LogP contribution in [0.1, 0.15) is 36.2 Å². The Kier molecular flexibility index (Phi) is 1.85. The summed E-state index contributed by atoms with van der Waals surface area (Å²) in [6.07, 6.45) is 0.256. The molecule has 0 fully saturated rings. The quantitative estimate of drug-likeness (QED) is 0.640. The molecule has 1 aliphatic carbocycles. The van der Waals surface area contributed by atoms with Gasteiger partial charge in [-0.15, -0.1) is 0 Å². The molecule has 0 bridgehead atoms. The van der Waals surface area contributed by atoms with E-state index >= 15 is 0 Å². The SMILES string of the molecule is CC1(C)CC(=O)C2=C(O1)c1ccccc1C2=O. The van der Waals surface area contributed by atoms with Gasteiger partial charge in [0.05, 0.1) is 6.42 Å².